The van der Waals surface area contributed by atoms with Crippen molar-refractivity contribution in [1.82, 2.24) is 19.3 Å². The molecule has 1 saturated carbocycles. The summed E-state index contributed by atoms with van der Waals surface area (Å²) in [6, 6.07) is 12.3. The van der Waals surface area contributed by atoms with E-state index >= 15 is 0 Å². The Morgan fingerprint density at radius 3 is 2.69 bits per heavy atom. The molecule has 1 amide bonds. The molecule has 2 aromatic heterocycles. The van der Waals surface area contributed by atoms with Crippen LogP contribution in [0.5, 0.6) is 0 Å². The Kier molecular flexibility index (Phi) is 6.47. The van der Waals surface area contributed by atoms with Crippen LogP contribution in [-0.2, 0) is 17.9 Å². The Hall–Kier alpha value is -3.31. The van der Waals surface area contributed by atoms with Gasteiger partial charge in [-0.25, -0.2) is 0 Å². The summed E-state index contributed by atoms with van der Waals surface area (Å²) >= 11 is 1.35. The van der Waals surface area contributed by atoms with E-state index in [0.717, 1.165) is 40.6 Å². The first-order valence-corrected chi connectivity index (χ1v) is 11.6. The molecule has 32 heavy (non-hydrogen) atoms. The standard InChI is InChI=1S/C24H26N6OS/c1-4-12-29-22(19-10-11-19)27-28-24(29)32-15-21(31)26-23-20(13-25)16(2)17(3)30(23)14-18-8-6-5-7-9-18/h4-9,19H,1,10-12,14-15H2,2-3H3,(H,26,31). The van der Waals surface area contributed by atoms with Crippen molar-refractivity contribution in [2.24, 2.45) is 0 Å². The van der Waals surface area contributed by atoms with Gasteiger partial charge < -0.3 is 14.5 Å². The number of hydrogen-bond acceptors (Lipinski definition) is 5. The number of anilines is 1. The number of thioether (sulfide) groups is 1. The van der Waals surface area contributed by atoms with Crippen LogP contribution in [0.3, 0.4) is 0 Å². The second-order valence-corrected chi connectivity index (χ2v) is 8.91. The summed E-state index contributed by atoms with van der Waals surface area (Å²) in [7, 11) is 0. The van der Waals surface area contributed by atoms with Crippen LogP contribution in [-0.4, -0.2) is 31.0 Å². The monoisotopic (exact) mass is 446 g/mol. The van der Waals surface area contributed by atoms with Gasteiger partial charge in [0.15, 0.2) is 5.16 Å². The molecule has 1 aliphatic carbocycles. The van der Waals surface area contributed by atoms with Gasteiger partial charge in [-0.05, 0) is 37.8 Å². The fraction of sp³-hybridized carbons (Fsp3) is 0.333. The fourth-order valence-electron chi connectivity index (χ4n) is 3.74. The summed E-state index contributed by atoms with van der Waals surface area (Å²) in [6.45, 7) is 8.91. The molecule has 3 aromatic rings. The largest absolute Gasteiger partial charge is 0.326 e. The second-order valence-electron chi connectivity index (χ2n) is 7.97. The molecule has 0 bridgehead atoms. The SMILES string of the molecule is C=CCn1c(SCC(=O)Nc2c(C#N)c(C)c(C)n2Cc2ccccc2)nnc1C1CC1. The van der Waals surface area contributed by atoms with Gasteiger partial charge in [0.2, 0.25) is 5.91 Å². The Bertz CT molecular complexity index is 1180. The molecule has 2 heterocycles. The topological polar surface area (TPSA) is 88.5 Å². The molecule has 8 heteroatoms. The third kappa shape index (κ3) is 4.48. The predicted molar refractivity (Wildman–Crippen MR) is 126 cm³/mol. The molecule has 1 fully saturated rings. The maximum Gasteiger partial charge on any atom is 0.235 e. The van der Waals surface area contributed by atoms with Crippen LogP contribution in [0.2, 0.25) is 0 Å². The number of hydrogen-bond donors (Lipinski definition) is 1. The van der Waals surface area contributed by atoms with E-state index in [0.29, 0.717) is 30.4 Å². The van der Waals surface area contributed by atoms with Crippen LogP contribution < -0.4 is 5.32 Å². The van der Waals surface area contributed by atoms with Crippen LogP contribution >= 0.6 is 11.8 Å². The number of aromatic nitrogens is 4. The first kappa shape index (κ1) is 21.9. The maximum atomic E-state index is 12.9. The number of rotatable bonds is 9. The van der Waals surface area contributed by atoms with E-state index in [-0.39, 0.29) is 11.7 Å². The highest BCUT2D eigenvalue weighted by Gasteiger charge is 2.30. The number of amides is 1. The third-order valence-corrected chi connectivity index (χ3v) is 6.68. The molecule has 0 radical (unpaired) electrons. The van der Waals surface area contributed by atoms with E-state index in [1.165, 1.54) is 11.8 Å². The number of allylic oxidation sites excluding steroid dienone is 1. The zero-order chi connectivity index (χ0) is 22.7. The first-order chi connectivity index (χ1) is 15.5. The van der Waals surface area contributed by atoms with Gasteiger partial charge in [-0.2, -0.15) is 5.26 Å². The molecule has 1 N–H and O–H groups in total. The Labute approximate surface area is 192 Å². The predicted octanol–water partition coefficient (Wildman–Crippen LogP) is 4.41. The van der Waals surface area contributed by atoms with Crippen molar-refractivity contribution in [2.75, 3.05) is 11.1 Å². The fourth-order valence-corrected chi connectivity index (χ4v) is 4.50. The molecular weight excluding hydrogens is 420 g/mol. The zero-order valence-corrected chi connectivity index (χ0v) is 19.2. The zero-order valence-electron chi connectivity index (χ0n) is 18.3. The van der Waals surface area contributed by atoms with E-state index in [4.69, 9.17) is 0 Å². The van der Waals surface area contributed by atoms with Crippen molar-refractivity contribution in [3.8, 4) is 6.07 Å². The average molecular weight is 447 g/mol. The van der Waals surface area contributed by atoms with Crippen LogP contribution in [0.1, 0.15) is 47.0 Å². The number of nitrogens with one attached hydrogen (secondary N) is 1. The molecule has 4 rings (SSSR count). The van der Waals surface area contributed by atoms with E-state index in [2.05, 4.69) is 28.2 Å². The number of benzene rings is 1. The molecular formula is C24H26N6OS. The van der Waals surface area contributed by atoms with Crippen molar-refractivity contribution < 1.29 is 4.79 Å². The van der Waals surface area contributed by atoms with Crippen molar-refractivity contribution >= 4 is 23.5 Å². The molecule has 0 saturated heterocycles. The van der Waals surface area contributed by atoms with Crippen LogP contribution in [0, 0.1) is 25.2 Å². The number of nitriles is 1. The van der Waals surface area contributed by atoms with Crippen LogP contribution in [0.15, 0.2) is 48.1 Å². The van der Waals surface area contributed by atoms with Gasteiger partial charge in [-0.1, -0.05) is 48.2 Å². The number of carbonyl (C=O) groups is 1. The van der Waals surface area contributed by atoms with Gasteiger partial charge in [-0.3, -0.25) is 4.79 Å². The van der Waals surface area contributed by atoms with Crippen LogP contribution in [0.25, 0.3) is 0 Å². The van der Waals surface area contributed by atoms with Gasteiger partial charge in [0, 0.05) is 24.7 Å². The molecule has 164 valence electrons. The van der Waals surface area contributed by atoms with E-state index in [1.54, 1.807) is 0 Å². The quantitative estimate of drug-likeness (QED) is 0.388. The van der Waals surface area contributed by atoms with Crippen molar-refractivity contribution in [2.45, 2.75) is 50.9 Å². The Balaban J connectivity index is 1.51. The van der Waals surface area contributed by atoms with E-state index in [9.17, 15) is 10.1 Å². The van der Waals surface area contributed by atoms with E-state index in [1.807, 2.05) is 59.4 Å². The Morgan fingerprint density at radius 2 is 2.03 bits per heavy atom. The number of nitrogens with zero attached hydrogens (tertiary/aromatic N) is 5. The summed E-state index contributed by atoms with van der Waals surface area (Å²) in [5.41, 5.74) is 3.45. The lowest BCUT2D eigenvalue weighted by Crippen LogP contribution is -2.19. The lowest BCUT2D eigenvalue weighted by Gasteiger charge is -2.13. The summed E-state index contributed by atoms with van der Waals surface area (Å²) < 4.78 is 4.03. The molecule has 1 aromatic carbocycles. The normalized spacial score (nSPS) is 13.0. The molecule has 0 unspecified atom stereocenters. The second kappa shape index (κ2) is 9.45. The molecule has 1 aliphatic rings. The third-order valence-electron chi connectivity index (χ3n) is 5.71. The smallest absolute Gasteiger partial charge is 0.235 e. The highest BCUT2D eigenvalue weighted by Crippen LogP contribution is 2.40. The van der Waals surface area contributed by atoms with Crippen LogP contribution in [0.4, 0.5) is 5.82 Å². The summed E-state index contributed by atoms with van der Waals surface area (Å²) in [4.78, 5) is 12.9. The molecule has 7 nitrogen and oxygen atoms in total. The van der Waals surface area contributed by atoms with Crippen molar-refractivity contribution in [3.05, 3.63) is 71.2 Å². The Morgan fingerprint density at radius 1 is 1.28 bits per heavy atom. The van der Waals surface area contributed by atoms with E-state index < -0.39 is 0 Å². The number of carbonyl (C=O) groups excluding carboxylic acids is 1. The summed E-state index contributed by atoms with van der Waals surface area (Å²) in [5.74, 6) is 1.99. The van der Waals surface area contributed by atoms with Crippen molar-refractivity contribution in [1.29, 1.82) is 5.26 Å². The maximum absolute atomic E-state index is 12.9. The van der Waals surface area contributed by atoms with Gasteiger partial charge in [0.1, 0.15) is 17.7 Å². The minimum Gasteiger partial charge on any atom is -0.326 e. The highest BCUT2D eigenvalue weighted by molar-refractivity contribution is 7.99. The lowest BCUT2D eigenvalue weighted by molar-refractivity contribution is -0.113. The van der Waals surface area contributed by atoms with Crippen molar-refractivity contribution in [3.63, 3.8) is 0 Å². The lowest BCUT2D eigenvalue weighted by atomic mass is 10.2. The van der Waals surface area contributed by atoms with Gasteiger partial charge >= 0.3 is 0 Å². The minimum absolute atomic E-state index is 0.180. The first-order valence-electron chi connectivity index (χ1n) is 10.6. The van der Waals surface area contributed by atoms with Gasteiger partial charge in [0.25, 0.3) is 0 Å². The highest BCUT2D eigenvalue weighted by atomic mass is 32.2. The average Bonchev–Trinajstić information content (AvgIpc) is 3.53. The summed E-state index contributed by atoms with van der Waals surface area (Å²) in [6.07, 6.45) is 4.09. The van der Waals surface area contributed by atoms with Gasteiger partial charge in [-0.15, -0.1) is 16.8 Å². The molecule has 0 atom stereocenters. The van der Waals surface area contributed by atoms with Gasteiger partial charge in [0.05, 0.1) is 11.3 Å². The molecule has 0 aliphatic heterocycles. The minimum atomic E-state index is -0.181. The summed E-state index contributed by atoms with van der Waals surface area (Å²) in [5, 5.41) is 22.0. The molecule has 0 spiro atoms.